The lowest BCUT2D eigenvalue weighted by atomic mass is 9.97. The van der Waals surface area contributed by atoms with Crippen molar-refractivity contribution in [2.45, 2.75) is 19.8 Å². The number of amides is 2. The van der Waals surface area contributed by atoms with Crippen LogP contribution in [-0.2, 0) is 4.79 Å². The van der Waals surface area contributed by atoms with Crippen LogP contribution in [0.25, 0.3) is 11.4 Å². The molecule has 1 aliphatic heterocycles. The average molecular weight is 368 g/mol. The van der Waals surface area contributed by atoms with Gasteiger partial charge in [0.2, 0.25) is 5.91 Å². The lowest BCUT2D eigenvalue weighted by Gasteiger charge is -2.31. The zero-order valence-corrected chi connectivity index (χ0v) is 15.4. The Bertz CT molecular complexity index is 811. The molecule has 0 saturated carbocycles. The van der Waals surface area contributed by atoms with Crippen molar-refractivity contribution in [2.24, 2.45) is 11.7 Å². The van der Waals surface area contributed by atoms with Gasteiger partial charge < -0.3 is 16.0 Å². The van der Waals surface area contributed by atoms with E-state index in [1.54, 1.807) is 25.5 Å². The Kier molecular flexibility index (Phi) is 6.08. The van der Waals surface area contributed by atoms with Crippen molar-refractivity contribution in [3.63, 3.8) is 0 Å². The largest absolute Gasteiger partial charge is 0.369 e. The first kappa shape index (κ1) is 18.9. The minimum absolute atomic E-state index is 0.0925. The van der Waals surface area contributed by atoms with Crippen LogP contribution < -0.4 is 11.1 Å². The molecule has 142 valence electrons. The van der Waals surface area contributed by atoms with Gasteiger partial charge in [-0.2, -0.15) is 0 Å². The Morgan fingerprint density at radius 3 is 2.93 bits per heavy atom. The van der Waals surface area contributed by atoms with E-state index in [1.807, 2.05) is 12.1 Å². The summed E-state index contributed by atoms with van der Waals surface area (Å²) in [6.07, 6.45) is 6.71. The Morgan fingerprint density at radius 1 is 1.37 bits per heavy atom. The normalized spacial score (nSPS) is 17.4. The topological polar surface area (TPSA) is 114 Å². The number of nitrogens with zero attached hydrogens (tertiary/aromatic N) is 4. The number of piperidine rings is 1. The van der Waals surface area contributed by atoms with Gasteiger partial charge in [0, 0.05) is 43.8 Å². The fourth-order valence-corrected chi connectivity index (χ4v) is 3.24. The summed E-state index contributed by atoms with van der Waals surface area (Å²) < 4.78 is 0. The van der Waals surface area contributed by atoms with Crippen LogP contribution in [0.15, 0.2) is 30.7 Å². The number of hydrogen-bond donors (Lipinski definition) is 2. The zero-order valence-electron chi connectivity index (χ0n) is 15.4. The molecule has 1 aliphatic rings. The van der Waals surface area contributed by atoms with Gasteiger partial charge in [-0.15, -0.1) is 0 Å². The molecule has 1 atom stereocenters. The van der Waals surface area contributed by atoms with E-state index in [9.17, 15) is 9.59 Å². The molecule has 0 radical (unpaired) electrons. The Hall–Kier alpha value is -2.87. The molecule has 0 spiro atoms. The molecular weight excluding hydrogens is 344 g/mol. The highest BCUT2D eigenvalue weighted by molar-refractivity contribution is 5.95. The third-order valence-electron chi connectivity index (χ3n) is 4.77. The number of aryl methyl sites for hydroxylation is 1. The van der Waals surface area contributed by atoms with E-state index in [-0.39, 0.29) is 17.7 Å². The Labute approximate surface area is 158 Å². The van der Waals surface area contributed by atoms with E-state index in [0.717, 1.165) is 24.9 Å². The maximum Gasteiger partial charge on any atom is 0.254 e. The van der Waals surface area contributed by atoms with Crippen LogP contribution >= 0.6 is 0 Å². The van der Waals surface area contributed by atoms with Crippen molar-refractivity contribution in [1.29, 1.82) is 0 Å². The molecule has 1 unspecified atom stereocenters. The van der Waals surface area contributed by atoms with Crippen LogP contribution in [0, 0.1) is 12.8 Å². The number of hydrogen-bond acceptors (Lipinski definition) is 6. The van der Waals surface area contributed by atoms with Crippen molar-refractivity contribution >= 4 is 11.8 Å². The lowest BCUT2D eigenvalue weighted by molar-refractivity contribution is -0.123. The minimum atomic E-state index is -0.245. The first-order valence-corrected chi connectivity index (χ1v) is 9.08. The number of rotatable bonds is 6. The SMILES string of the molecule is Cc1nc(-c2cccnc2)ncc1C(=O)NCCN1CCCC(C(N)=O)C1. The second kappa shape index (κ2) is 8.68. The zero-order chi connectivity index (χ0) is 19.2. The van der Waals surface area contributed by atoms with E-state index in [4.69, 9.17) is 5.73 Å². The second-order valence-electron chi connectivity index (χ2n) is 6.73. The molecular formula is C19H24N6O2. The maximum absolute atomic E-state index is 12.4. The van der Waals surface area contributed by atoms with Gasteiger partial charge >= 0.3 is 0 Å². The van der Waals surface area contributed by atoms with Crippen molar-refractivity contribution in [3.05, 3.63) is 42.0 Å². The van der Waals surface area contributed by atoms with Gasteiger partial charge in [-0.05, 0) is 38.4 Å². The van der Waals surface area contributed by atoms with Crippen molar-refractivity contribution in [3.8, 4) is 11.4 Å². The molecule has 3 rings (SSSR count). The number of primary amides is 1. The van der Waals surface area contributed by atoms with Crippen molar-refractivity contribution in [1.82, 2.24) is 25.2 Å². The van der Waals surface area contributed by atoms with Crippen molar-refractivity contribution in [2.75, 3.05) is 26.2 Å². The van der Waals surface area contributed by atoms with Crippen LogP contribution in [0.2, 0.25) is 0 Å². The number of nitrogens with two attached hydrogens (primary N) is 1. The first-order chi connectivity index (χ1) is 13.0. The quantitative estimate of drug-likeness (QED) is 0.779. The monoisotopic (exact) mass is 368 g/mol. The molecule has 27 heavy (non-hydrogen) atoms. The summed E-state index contributed by atoms with van der Waals surface area (Å²) in [5.74, 6) is 0.00647. The fourth-order valence-electron chi connectivity index (χ4n) is 3.24. The van der Waals surface area contributed by atoms with Crippen LogP contribution in [0.5, 0.6) is 0 Å². The highest BCUT2D eigenvalue weighted by atomic mass is 16.2. The van der Waals surface area contributed by atoms with Crippen LogP contribution in [0.4, 0.5) is 0 Å². The van der Waals surface area contributed by atoms with E-state index < -0.39 is 0 Å². The number of nitrogens with one attached hydrogen (secondary N) is 1. The van der Waals surface area contributed by atoms with Gasteiger partial charge in [0.25, 0.3) is 5.91 Å². The van der Waals surface area contributed by atoms with Gasteiger partial charge in [0.05, 0.1) is 17.2 Å². The molecule has 8 nitrogen and oxygen atoms in total. The van der Waals surface area contributed by atoms with Crippen LogP contribution in [0.1, 0.15) is 28.9 Å². The van der Waals surface area contributed by atoms with E-state index >= 15 is 0 Å². The summed E-state index contributed by atoms with van der Waals surface area (Å²) >= 11 is 0. The Morgan fingerprint density at radius 2 is 2.22 bits per heavy atom. The molecule has 2 amide bonds. The number of aromatic nitrogens is 3. The molecule has 8 heteroatoms. The predicted molar refractivity (Wildman–Crippen MR) is 101 cm³/mol. The summed E-state index contributed by atoms with van der Waals surface area (Å²) in [6, 6.07) is 3.69. The Balaban J connectivity index is 1.54. The van der Waals surface area contributed by atoms with Gasteiger partial charge in [-0.1, -0.05) is 0 Å². The third kappa shape index (κ3) is 4.85. The van der Waals surface area contributed by atoms with E-state index in [1.165, 1.54) is 0 Å². The van der Waals surface area contributed by atoms with Crippen LogP contribution in [0.3, 0.4) is 0 Å². The minimum Gasteiger partial charge on any atom is -0.369 e. The van der Waals surface area contributed by atoms with Crippen molar-refractivity contribution < 1.29 is 9.59 Å². The number of pyridine rings is 1. The lowest BCUT2D eigenvalue weighted by Crippen LogP contribution is -2.44. The van der Waals surface area contributed by atoms with E-state index in [2.05, 4.69) is 25.2 Å². The summed E-state index contributed by atoms with van der Waals surface area (Å²) in [5, 5.41) is 2.90. The highest BCUT2D eigenvalue weighted by Gasteiger charge is 2.23. The third-order valence-corrected chi connectivity index (χ3v) is 4.77. The molecule has 3 heterocycles. The second-order valence-corrected chi connectivity index (χ2v) is 6.73. The molecule has 0 bridgehead atoms. The van der Waals surface area contributed by atoms with E-state index in [0.29, 0.717) is 36.7 Å². The van der Waals surface area contributed by atoms with Crippen LogP contribution in [-0.4, -0.2) is 57.8 Å². The molecule has 2 aromatic heterocycles. The predicted octanol–water partition coefficient (Wildman–Crippen LogP) is 0.774. The van der Waals surface area contributed by atoms with Gasteiger partial charge in [-0.3, -0.25) is 14.6 Å². The maximum atomic E-state index is 12.4. The summed E-state index contributed by atoms with van der Waals surface area (Å²) in [6.45, 7) is 4.55. The summed E-state index contributed by atoms with van der Waals surface area (Å²) in [7, 11) is 0. The summed E-state index contributed by atoms with van der Waals surface area (Å²) in [4.78, 5) is 38.7. The van der Waals surface area contributed by atoms with Gasteiger partial charge in [0.1, 0.15) is 0 Å². The average Bonchev–Trinajstić information content (AvgIpc) is 2.68. The molecule has 0 aliphatic carbocycles. The molecule has 1 fully saturated rings. The molecule has 1 saturated heterocycles. The first-order valence-electron chi connectivity index (χ1n) is 9.08. The van der Waals surface area contributed by atoms with Gasteiger partial charge in [-0.25, -0.2) is 9.97 Å². The fraction of sp³-hybridized carbons (Fsp3) is 0.421. The highest BCUT2D eigenvalue weighted by Crippen LogP contribution is 2.16. The number of carbonyl (C=O) groups is 2. The molecule has 0 aromatic carbocycles. The van der Waals surface area contributed by atoms with Gasteiger partial charge in [0.15, 0.2) is 5.82 Å². The molecule has 2 aromatic rings. The number of likely N-dealkylation sites (tertiary alicyclic amines) is 1. The molecule has 3 N–H and O–H groups in total. The summed E-state index contributed by atoms with van der Waals surface area (Å²) in [5.41, 5.74) is 7.28. The smallest absolute Gasteiger partial charge is 0.254 e. The standard InChI is InChI=1S/C19H24N6O2/c1-13-16(11-23-18(24-13)14-4-2-6-21-10-14)19(27)22-7-9-25-8-3-5-15(12-25)17(20)26/h2,4,6,10-11,15H,3,5,7-9,12H2,1H3,(H2,20,26)(H,22,27). The number of carbonyl (C=O) groups excluding carboxylic acids is 2.